The summed E-state index contributed by atoms with van der Waals surface area (Å²) in [6.07, 6.45) is 0.841. The Morgan fingerprint density at radius 2 is 2.17 bits per heavy atom. The Bertz CT molecular complexity index is 480. The van der Waals surface area contributed by atoms with E-state index in [4.69, 9.17) is 5.73 Å². The fourth-order valence-electron chi connectivity index (χ4n) is 1.32. The van der Waals surface area contributed by atoms with Crippen LogP contribution in [-0.4, -0.2) is 23.5 Å². The van der Waals surface area contributed by atoms with Gasteiger partial charge in [0.1, 0.15) is 0 Å². The average Bonchev–Trinajstić information content (AvgIpc) is 2.39. The predicted molar refractivity (Wildman–Crippen MR) is 66.0 cm³/mol. The van der Waals surface area contributed by atoms with E-state index in [0.29, 0.717) is 12.1 Å². The van der Waals surface area contributed by atoms with Crippen LogP contribution in [0.25, 0.3) is 0 Å². The van der Waals surface area contributed by atoms with Crippen molar-refractivity contribution >= 4 is 11.8 Å². The first-order valence-corrected chi connectivity index (χ1v) is 5.49. The van der Waals surface area contributed by atoms with Crippen molar-refractivity contribution in [3.8, 4) is 0 Å². The molecule has 0 unspecified atom stereocenters. The highest BCUT2D eigenvalue weighted by Crippen LogP contribution is 2.07. The van der Waals surface area contributed by atoms with E-state index in [1.54, 1.807) is 31.2 Å². The van der Waals surface area contributed by atoms with Crippen molar-refractivity contribution in [1.29, 1.82) is 0 Å². The molecule has 0 bridgehead atoms. The zero-order valence-corrected chi connectivity index (χ0v) is 10.1. The number of benzene rings is 1. The van der Waals surface area contributed by atoms with Gasteiger partial charge in [-0.05, 0) is 18.6 Å². The molecule has 96 valence electrons. The fraction of sp³-hybridized carbons (Fsp3) is 0.231. The van der Waals surface area contributed by atoms with Crippen LogP contribution in [0.5, 0.6) is 0 Å². The summed E-state index contributed by atoms with van der Waals surface area (Å²) in [5.74, 6) is -2.10. The Balaban J connectivity index is 2.87. The van der Waals surface area contributed by atoms with Gasteiger partial charge in [0.05, 0.1) is 6.61 Å². The van der Waals surface area contributed by atoms with E-state index in [9.17, 15) is 14.7 Å². The molecule has 0 radical (unpaired) electrons. The number of ketones is 1. The summed E-state index contributed by atoms with van der Waals surface area (Å²) < 4.78 is 4.56. The van der Waals surface area contributed by atoms with E-state index >= 15 is 0 Å². The van der Waals surface area contributed by atoms with Crippen LogP contribution in [0, 0.1) is 0 Å². The average molecular weight is 249 g/mol. The van der Waals surface area contributed by atoms with Crippen LogP contribution < -0.4 is 5.73 Å². The first-order chi connectivity index (χ1) is 8.58. The molecule has 0 amide bonds. The third-order valence-corrected chi connectivity index (χ3v) is 2.20. The quantitative estimate of drug-likeness (QED) is 0.355. The van der Waals surface area contributed by atoms with Crippen molar-refractivity contribution in [2.45, 2.75) is 13.5 Å². The number of rotatable bonds is 5. The number of esters is 1. The van der Waals surface area contributed by atoms with Crippen molar-refractivity contribution in [2.75, 3.05) is 6.61 Å². The van der Waals surface area contributed by atoms with E-state index in [2.05, 4.69) is 4.74 Å². The van der Waals surface area contributed by atoms with Crippen molar-refractivity contribution in [2.24, 2.45) is 5.73 Å². The first-order valence-electron chi connectivity index (χ1n) is 5.49. The number of aliphatic hydroxyl groups excluding tert-OH is 1. The summed E-state index contributed by atoms with van der Waals surface area (Å²) in [5, 5.41) is 9.35. The van der Waals surface area contributed by atoms with Gasteiger partial charge in [-0.25, -0.2) is 4.79 Å². The van der Waals surface area contributed by atoms with Gasteiger partial charge in [0.15, 0.2) is 5.78 Å². The standard InChI is InChI=1S/C13H15NO4/c1-2-18-13(17)12(16)7-11(15)10-5-3-4-9(6-10)8-14/h3-7,16H,2,8,14H2,1H3. The zero-order chi connectivity index (χ0) is 13.5. The number of hydrogen-bond donors (Lipinski definition) is 2. The van der Waals surface area contributed by atoms with Crippen LogP contribution >= 0.6 is 0 Å². The molecule has 0 heterocycles. The summed E-state index contributed by atoms with van der Waals surface area (Å²) in [4.78, 5) is 22.9. The molecule has 0 spiro atoms. The molecule has 18 heavy (non-hydrogen) atoms. The Labute approximate surface area is 105 Å². The second-order valence-electron chi connectivity index (χ2n) is 3.52. The van der Waals surface area contributed by atoms with Gasteiger partial charge in [0, 0.05) is 18.2 Å². The lowest BCUT2D eigenvalue weighted by Crippen LogP contribution is -2.09. The van der Waals surface area contributed by atoms with Gasteiger partial charge in [-0.2, -0.15) is 0 Å². The molecule has 1 aromatic rings. The van der Waals surface area contributed by atoms with Gasteiger partial charge in [0.25, 0.3) is 0 Å². The second-order valence-corrected chi connectivity index (χ2v) is 3.52. The maximum atomic E-state index is 11.7. The molecule has 0 aliphatic heterocycles. The summed E-state index contributed by atoms with van der Waals surface area (Å²) in [6.45, 7) is 2.06. The lowest BCUT2D eigenvalue weighted by atomic mass is 10.1. The summed E-state index contributed by atoms with van der Waals surface area (Å²) in [7, 11) is 0. The smallest absolute Gasteiger partial charge is 0.373 e. The van der Waals surface area contributed by atoms with E-state index in [1.165, 1.54) is 0 Å². The van der Waals surface area contributed by atoms with Crippen molar-refractivity contribution in [3.05, 3.63) is 47.2 Å². The lowest BCUT2D eigenvalue weighted by molar-refractivity contribution is -0.141. The van der Waals surface area contributed by atoms with Crippen molar-refractivity contribution in [1.82, 2.24) is 0 Å². The van der Waals surface area contributed by atoms with E-state index in [-0.39, 0.29) is 6.61 Å². The van der Waals surface area contributed by atoms with Gasteiger partial charge in [-0.3, -0.25) is 4.79 Å². The molecule has 0 saturated carbocycles. The Morgan fingerprint density at radius 1 is 1.44 bits per heavy atom. The highest BCUT2D eigenvalue weighted by molar-refractivity contribution is 6.08. The lowest BCUT2D eigenvalue weighted by Gasteiger charge is -2.02. The van der Waals surface area contributed by atoms with Crippen LogP contribution in [0.1, 0.15) is 22.8 Å². The molecule has 5 nitrogen and oxygen atoms in total. The fourth-order valence-corrected chi connectivity index (χ4v) is 1.32. The Hall–Kier alpha value is -2.14. The molecule has 0 aromatic heterocycles. The van der Waals surface area contributed by atoms with Crippen molar-refractivity contribution < 1.29 is 19.4 Å². The third kappa shape index (κ3) is 3.71. The van der Waals surface area contributed by atoms with Crippen LogP contribution in [0.4, 0.5) is 0 Å². The van der Waals surface area contributed by atoms with Gasteiger partial charge >= 0.3 is 5.97 Å². The number of aliphatic hydroxyl groups is 1. The van der Waals surface area contributed by atoms with Crippen molar-refractivity contribution in [3.63, 3.8) is 0 Å². The normalized spacial score (nSPS) is 11.1. The monoisotopic (exact) mass is 249 g/mol. The van der Waals surface area contributed by atoms with Gasteiger partial charge in [-0.15, -0.1) is 0 Å². The SMILES string of the molecule is CCOC(=O)C(O)=CC(=O)c1cccc(CN)c1. The number of allylic oxidation sites excluding steroid dienone is 1. The number of hydrogen-bond acceptors (Lipinski definition) is 5. The van der Waals surface area contributed by atoms with Crippen LogP contribution in [-0.2, 0) is 16.1 Å². The van der Waals surface area contributed by atoms with Crippen LogP contribution in [0.2, 0.25) is 0 Å². The predicted octanol–water partition coefficient (Wildman–Crippen LogP) is 1.33. The third-order valence-electron chi connectivity index (χ3n) is 2.20. The summed E-state index contributed by atoms with van der Waals surface area (Å²) >= 11 is 0. The Kier molecular flexibility index (Phi) is 5.07. The number of carbonyl (C=O) groups excluding carboxylic acids is 2. The molecule has 0 fully saturated rings. The number of nitrogens with two attached hydrogens (primary N) is 1. The zero-order valence-electron chi connectivity index (χ0n) is 10.1. The number of carbonyl (C=O) groups is 2. The molecule has 0 aliphatic carbocycles. The summed E-state index contributed by atoms with van der Waals surface area (Å²) in [6, 6.07) is 6.66. The van der Waals surface area contributed by atoms with Gasteiger partial charge in [-0.1, -0.05) is 18.2 Å². The van der Waals surface area contributed by atoms with E-state index in [0.717, 1.165) is 11.6 Å². The first kappa shape index (κ1) is 13.9. The minimum Gasteiger partial charge on any atom is -0.502 e. The minimum absolute atomic E-state index is 0.133. The minimum atomic E-state index is -0.916. The molecule has 1 rings (SSSR count). The molecule has 5 heteroatoms. The van der Waals surface area contributed by atoms with E-state index < -0.39 is 17.5 Å². The number of ether oxygens (including phenoxy) is 1. The van der Waals surface area contributed by atoms with Crippen LogP contribution in [0.15, 0.2) is 36.1 Å². The topological polar surface area (TPSA) is 89.6 Å². The Morgan fingerprint density at radius 3 is 2.78 bits per heavy atom. The van der Waals surface area contributed by atoms with Gasteiger partial charge in [0.2, 0.25) is 5.76 Å². The van der Waals surface area contributed by atoms with Gasteiger partial charge < -0.3 is 15.6 Å². The summed E-state index contributed by atoms with van der Waals surface area (Å²) in [5.41, 5.74) is 6.61. The maximum Gasteiger partial charge on any atom is 0.373 e. The highest BCUT2D eigenvalue weighted by atomic mass is 16.5. The second kappa shape index (κ2) is 6.56. The molecule has 0 aliphatic rings. The highest BCUT2D eigenvalue weighted by Gasteiger charge is 2.12. The largest absolute Gasteiger partial charge is 0.502 e. The van der Waals surface area contributed by atoms with Crippen LogP contribution in [0.3, 0.4) is 0 Å². The molecular weight excluding hydrogens is 234 g/mol. The molecule has 3 N–H and O–H groups in total. The molecule has 0 saturated heterocycles. The molecule has 0 atom stereocenters. The maximum absolute atomic E-state index is 11.7. The van der Waals surface area contributed by atoms with E-state index in [1.807, 2.05) is 0 Å². The molecule has 1 aromatic carbocycles. The molecular formula is C13H15NO4.